The Balaban J connectivity index is 2.20. The van der Waals surface area contributed by atoms with Crippen LogP contribution in [-0.4, -0.2) is 34.3 Å². The molecule has 1 aromatic rings. The summed E-state index contributed by atoms with van der Waals surface area (Å²) in [4.78, 5) is 10.2. The highest BCUT2D eigenvalue weighted by Crippen LogP contribution is 2.19. The number of rotatable bonds is 1. The van der Waals surface area contributed by atoms with Crippen LogP contribution in [0.3, 0.4) is 0 Å². The maximum atomic E-state index is 9.56. The van der Waals surface area contributed by atoms with Crippen molar-refractivity contribution in [1.29, 1.82) is 0 Å². The van der Waals surface area contributed by atoms with E-state index in [9.17, 15) is 5.11 Å². The van der Waals surface area contributed by atoms with Crippen LogP contribution in [0.5, 0.6) is 0 Å². The number of halogens is 1. The number of aliphatic hydroxyl groups excluding tert-OH is 1. The highest BCUT2D eigenvalue weighted by Gasteiger charge is 2.19. The Labute approximate surface area is 93.9 Å². The van der Waals surface area contributed by atoms with Crippen LogP contribution in [-0.2, 0) is 0 Å². The summed E-state index contributed by atoms with van der Waals surface area (Å²) in [6, 6.07) is 1.89. The molecule has 1 atom stereocenters. The van der Waals surface area contributed by atoms with Crippen molar-refractivity contribution in [3.05, 3.63) is 17.0 Å². The molecular formula is C10H14ClN3O. The minimum Gasteiger partial charge on any atom is -0.391 e. The van der Waals surface area contributed by atoms with Gasteiger partial charge in [-0.25, -0.2) is 9.97 Å². The van der Waals surface area contributed by atoms with Crippen LogP contribution in [0.2, 0.25) is 5.28 Å². The van der Waals surface area contributed by atoms with Gasteiger partial charge in [0, 0.05) is 24.8 Å². The first kappa shape index (κ1) is 10.6. The fraction of sp³-hybridized carbons (Fsp3) is 0.600. The van der Waals surface area contributed by atoms with E-state index in [0.717, 1.165) is 30.9 Å². The summed E-state index contributed by atoms with van der Waals surface area (Å²) >= 11 is 5.79. The van der Waals surface area contributed by atoms with Crippen molar-refractivity contribution < 1.29 is 5.11 Å². The molecule has 1 aliphatic rings. The van der Waals surface area contributed by atoms with Gasteiger partial charge in [0.2, 0.25) is 5.28 Å². The van der Waals surface area contributed by atoms with Gasteiger partial charge in [0.15, 0.2) is 0 Å². The van der Waals surface area contributed by atoms with Gasteiger partial charge in [-0.05, 0) is 31.4 Å². The number of aromatic nitrogens is 2. The Kier molecular flexibility index (Phi) is 3.07. The summed E-state index contributed by atoms with van der Waals surface area (Å²) in [5.41, 5.74) is 0.852. The highest BCUT2D eigenvalue weighted by molar-refractivity contribution is 6.28. The van der Waals surface area contributed by atoms with E-state index in [1.807, 2.05) is 13.0 Å². The number of aliphatic hydroxyl groups is 1. The van der Waals surface area contributed by atoms with Crippen LogP contribution in [0, 0.1) is 6.92 Å². The first-order chi connectivity index (χ1) is 7.15. The second-order valence-electron chi connectivity index (χ2n) is 3.88. The second-order valence-corrected chi connectivity index (χ2v) is 4.22. The third-order valence-electron chi connectivity index (χ3n) is 2.53. The Morgan fingerprint density at radius 2 is 2.33 bits per heavy atom. The molecule has 0 aromatic carbocycles. The Bertz CT molecular complexity index is 338. The number of hydrogen-bond donors (Lipinski definition) is 1. The van der Waals surface area contributed by atoms with Gasteiger partial charge < -0.3 is 10.0 Å². The van der Waals surface area contributed by atoms with Crippen molar-refractivity contribution in [1.82, 2.24) is 9.97 Å². The molecule has 2 rings (SSSR count). The number of anilines is 1. The molecule has 0 aliphatic carbocycles. The molecule has 0 saturated carbocycles. The number of nitrogens with zero attached hydrogens (tertiary/aromatic N) is 3. The molecule has 0 bridgehead atoms. The van der Waals surface area contributed by atoms with E-state index in [0.29, 0.717) is 6.54 Å². The van der Waals surface area contributed by atoms with Crippen molar-refractivity contribution >= 4 is 17.4 Å². The van der Waals surface area contributed by atoms with E-state index >= 15 is 0 Å². The summed E-state index contributed by atoms with van der Waals surface area (Å²) in [5, 5.41) is 9.83. The molecule has 1 saturated heterocycles. The van der Waals surface area contributed by atoms with Crippen molar-refractivity contribution in [2.75, 3.05) is 18.0 Å². The highest BCUT2D eigenvalue weighted by atomic mass is 35.5. The molecule has 1 unspecified atom stereocenters. The zero-order valence-corrected chi connectivity index (χ0v) is 9.41. The molecule has 1 N–H and O–H groups in total. The maximum absolute atomic E-state index is 9.56. The second kappa shape index (κ2) is 4.33. The fourth-order valence-electron chi connectivity index (χ4n) is 1.84. The fourth-order valence-corrected chi connectivity index (χ4v) is 2.06. The van der Waals surface area contributed by atoms with Crippen molar-refractivity contribution in [2.24, 2.45) is 0 Å². The first-order valence-corrected chi connectivity index (χ1v) is 5.47. The lowest BCUT2D eigenvalue weighted by Crippen LogP contribution is -2.38. The van der Waals surface area contributed by atoms with Gasteiger partial charge >= 0.3 is 0 Å². The van der Waals surface area contributed by atoms with Crippen LogP contribution in [0.15, 0.2) is 6.07 Å². The molecule has 5 heteroatoms. The molecule has 82 valence electrons. The van der Waals surface area contributed by atoms with E-state index in [4.69, 9.17) is 11.6 Å². The minimum atomic E-state index is -0.257. The lowest BCUT2D eigenvalue weighted by molar-refractivity contribution is 0.154. The molecule has 1 aliphatic heterocycles. The van der Waals surface area contributed by atoms with Crippen molar-refractivity contribution in [3.63, 3.8) is 0 Å². The van der Waals surface area contributed by atoms with E-state index in [1.54, 1.807) is 0 Å². The SMILES string of the molecule is Cc1cc(N2CCCC(O)C2)nc(Cl)n1. The standard InChI is InChI=1S/C10H14ClN3O/c1-7-5-9(13-10(11)12-7)14-4-2-3-8(15)6-14/h5,8,15H,2-4,6H2,1H3. The van der Waals surface area contributed by atoms with E-state index in [2.05, 4.69) is 14.9 Å². The van der Waals surface area contributed by atoms with Gasteiger partial charge in [-0.15, -0.1) is 0 Å². The summed E-state index contributed by atoms with van der Waals surface area (Å²) in [6.45, 7) is 3.44. The number of β-amino-alcohol motifs (C(OH)–C–C–N with tert-alkyl or cyclic N) is 1. The third kappa shape index (κ3) is 2.58. The van der Waals surface area contributed by atoms with Crippen LogP contribution in [0.25, 0.3) is 0 Å². The smallest absolute Gasteiger partial charge is 0.224 e. The topological polar surface area (TPSA) is 49.2 Å². The monoisotopic (exact) mass is 227 g/mol. The van der Waals surface area contributed by atoms with Crippen molar-refractivity contribution in [2.45, 2.75) is 25.9 Å². The number of hydrogen-bond acceptors (Lipinski definition) is 4. The number of aryl methyl sites for hydroxylation is 1. The van der Waals surface area contributed by atoms with Crippen LogP contribution < -0.4 is 4.90 Å². The molecule has 4 nitrogen and oxygen atoms in total. The molecule has 0 spiro atoms. The van der Waals surface area contributed by atoms with E-state index in [1.165, 1.54) is 0 Å². The minimum absolute atomic E-state index is 0.257. The van der Waals surface area contributed by atoms with Crippen molar-refractivity contribution in [3.8, 4) is 0 Å². The van der Waals surface area contributed by atoms with E-state index in [-0.39, 0.29) is 11.4 Å². The molecule has 0 radical (unpaired) electrons. The quantitative estimate of drug-likeness (QED) is 0.737. The van der Waals surface area contributed by atoms with Gasteiger partial charge in [0.05, 0.1) is 6.10 Å². The molecule has 2 heterocycles. The molecular weight excluding hydrogens is 214 g/mol. The maximum Gasteiger partial charge on any atom is 0.224 e. The van der Waals surface area contributed by atoms with Gasteiger partial charge in [-0.2, -0.15) is 0 Å². The lowest BCUT2D eigenvalue weighted by atomic mass is 10.1. The van der Waals surface area contributed by atoms with Gasteiger partial charge in [0.1, 0.15) is 5.82 Å². The van der Waals surface area contributed by atoms with Gasteiger partial charge in [-0.1, -0.05) is 0 Å². The predicted molar refractivity (Wildman–Crippen MR) is 59.2 cm³/mol. The average Bonchev–Trinajstić information content (AvgIpc) is 2.16. The Hall–Kier alpha value is -0.870. The van der Waals surface area contributed by atoms with Crippen LogP contribution in [0.4, 0.5) is 5.82 Å². The van der Waals surface area contributed by atoms with Gasteiger partial charge in [-0.3, -0.25) is 0 Å². The van der Waals surface area contributed by atoms with E-state index < -0.39 is 0 Å². The van der Waals surface area contributed by atoms with Crippen LogP contribution >= 0.6 is 11.6 Å². The third-order valence-corrected chi connectivity index (χ3v) is 2.70. The Morgan fingerprint density at radius 1 is 1.53 bits per heavy atom. The number of piperidine rings is 1. The summed E-state index contributed by atoms with van der Waals surface area (Å²) in [5.74, 6) is 0.811. The molecule has 0 amide bonds. The Morgan fingerprint density at radius 3 is 3.00 bits per heavy atom. The molecule has 1 fully saturated rings. The normalized spacial score (nSPS) is 21.8. The van der Waals surface area contributed by atoms with Crippen LogP contribution in [0.1, 0.15) is 18.5 Å². The average molecular weight is 228 g/mol. The largest absolute Gasteiger partial charge is 0.391 e. The lowest BCUT2D eigenvalue weighted by Gasteiger charge is -2.31. The zero-order valence-electron chi connectivity index (χ0n) is 8.65. The summed E-state index contributed by atoms with van der Waals surface area (Å²) < 4.78 is 0. The summed E-state index contributed by atoms with van der Waals surface area (Å²) in [6.07, 6.45) is 1.60. The summed E-state index contributed by atoms with van der Waals surface area (Å²) in [7, 11) is 0. The predicted octanol–water partition coefficient (Wildman–Crippen LogP) is 1.40. The first-order valence-electron chi connectivity index (χ1n) is 5.09. The van der Waals surface area contributed by atoms with Gasteiger partial charge in [0.25, 0.3) is 0 Å². The molecule has 1 aromatic heterocycles. The molecule has 15 heavy (non-hydrogen) atoms. The zero-order chi connectivity index (χ0) is 10.8.